The Morgan fingerprint density at radius 1 is 1.27 bits per heavy atom. The number of ether oxygens (including phenoxy) is 1. The van der Waals surface area contributed by atoms with Gasteiger partial charge in [-0.1, -0.05) is 26.2 Å². The molecule has 0 atom stereocenters. The molecule has 0 aromatic carbocycles. The summed E-state index contributed by atoms with van der Waals surface area (Å²) in [6, 6.07) is 1.80. The molecule has 0 spiro atoms. The number of halogens is 1. The van der Waals surface area contributed by atoms with Crippen LogP contribution in [-0.2, 0) is 0 Å². The van der Waals surface area contributed by atoms with E-state index < -0.39 is 0 Å². The molecule has 0 N–H and O–H groups in total. The molecular weight excluding hydrogens is 212 g/mol. The van der Waals surface area contributed by atoms with E-state index in [0.717, 1.165) is 12.1 Å². The lowest BCUT2D eigenvalue weighted by Crippen LogP contribution is -2.00. The van der Waals surface area contributed by atoms with Crippen LogP contribution >= 0.6 is 11.6 Å². The summed E-state index contributed by atoms with van der Waals surface area (Å²) in [7, 11) is 0. The SMILES string of the molecule is CCCCCCOc1cc(C)nc(Cl)n1. The van der Waals surface area contributed by atoms with Crippen molar-refractivity contribution >= 4 is 11.6 Å². The van der Waals surface area contributed by atoms with E-state index in [4.69, 9.17) is 16.3 Å². The second-order valence-corrected chi connectivity index (χ2v) is 3.86. The molecule has 0 amide bonds. The minimum absolute atomic E-state index is 0.249. The van der Waals surface area contributed by atoms with Crippen molar-refractivity contribution in [2.45, 2.75) is 39.5 Å². The number of rotatable bonds is 6. The molecular formula is C11H17ClN2O. The molecule has 0 aliphatic rings. The third-order valence-corrected chi connectivity index (χ3v) is 2.22. The number of hydrogen-bond acceptors (Lipinski definition) is 3. The van der Waals surface area contributed by atoms with E-state index in [0.29, 0.717) is 12.5 Å². The van der Waals surface area contributed by atoms with Gasteiger partial charge in [-0.2, -0.15) is 4.98 Å². The Morgan fingerprint density at radius 2 is 2.07 bits per heavy atom. The first kappa shape index (κ1) is 12.2. The van der Waals surface area contributed by atoms with Gasteiger partial charge >= 0.3 is 0 Å². The largest absolute Gasteiger partial charge is 0.478 e. The van der Waals surface area contributed by atoms with Gasteiger partial charge in [0.25, 0.3) is 0 Å². The Balaban J connectivity index is 2.31. The van der Waals surface area contributed by atoms with E-state index in [1.54, 1.807) is 6.07 Å². The first-order valence-electron chi connectivity index (χ1n) is 5.36. The summed E-state index contributed by atoms with van der Waals surface area (Å²) in [5.74, 6) is 0.573. The van der Waals surface area contributed by atoms with Crippen LogP contribution in [0.15, 0.2) is 6.07 Å². The topological polar surface area (TPSA) is 35.0 Å². The van der Waals surface area contributed by atoms with Gasteiger partial charge in [0, 0.05) is 11.8 Å². The van der Waals surface area contributed by atoms with Crippen LogP contribution in [-0.4, -0.2) is 16.6 Å². The van der Waals surface area contributed by atoms with Gasteiger partial charge in [0.2, 0.25) is 11.2 Å². The Morgan fingerprint density at radius 3 is 2.73 bits per heavy atom. The molecule has 0 unspecified atom stereocenters. The maximum Gasteiger partial charge on any atom is 0.225 e. The fourth-order valence-corrected chi connectivity index (χ4v) is 1.50. The Kier molecular flexibility index (Phi) is 5.40. The van der Waals surface area contributed by atoms with Crippen LogP contribution < -0.4 is 4.74 Å². The number of nitrogens with zero attached hydrogens (tertiary/aromatic N) is 2. The molecule has 0 saturated carbocycles. The fraction of sp³-hybridized carbons (Fsp3) is 0.636. The van der Waals surface area contributed by atoms with Gasteiger partial charge in [0.1, 0.15) is 0 Å². The van der Waals surface area contributed by atoms with E-state index in [-0.39, 0.29) is 5.28 Å². The van der Waals surface area contributed by atoms with E-state index in [9.17, 15) is 0 Å². The van der Waals surface area contributed by atoms with Crippen LogP contribution in [0.5, 0.6) is 5.88 Å². The second-order valence-electron chi connectivity index (χ2n) is 3.53. The minimum Gasteiger partial charge on any atom is -0.478 e. The maximum atomic E-state index is 5.71. The van der Waals surface area contributed by atoms with E-state index in [2.05, 4.69) is 16.9 Å². The quantitative estimate of drug-likeness (QED) is 0.553. The fourth-order valence-electron chi connectivity index (χ4n) is 1.28. The highest BCUT2D eigenvalue weighted by Gasteiger charge is 2.00. The van der Waals surface area contributed by atoms with Crippen molar-refractivity contribution in [2.24, 2.45) is 0 Å². The molecule has 0 aliphatic heterocycles. The zero-order chi connectivity index (χ0) is 11.1. The standard InChI is InChI=1S/C11H17ClN2O/c1-3-4-5-6-7-15-10-8-9(2)13-11(12)14-10/h8H,3-7H2,1-2H3. The summed E-state index contributed by atoms with van der Waals surface area (Å²) in [6.45, 7) is 4.76. The summed E-state index contributed by atoms with van der Waals surface area (Å²) in [6.07, 6.45) is 4.76. The number of aryl methyl sites for hydroxylation is 1. The van der Waals surface area contributed by atoms with Crippen molar-refractivity contribution < 1.29 is 4.74 Å². The summed E-state index contributed by atoms with van der Waals surface area (Å²) in [5.41, 5.74) is 0.832. The first-order chi connectivity index (χ1) is 7.22. The van der Waals surface area contributed by atoms with Gasteiger partial charge in [-0.15, -0.1) is 0 Å². The Hall–Kier alpha value is -0.830. The molecule has 3 nitrogen and oxygen atoms in total. The predicted octanol–water partition coefficient (Wildman–Crippen LogP) is 3.40. The van der Waals surface area contributed by atoms with Crippen LogP contribution in [0.2, 0.25) is 5.28 Å². The lowest BCUT2D eigenvalue weighted by Gasteiger charge is -2.05. The molecule has 15 heavy (non-hydrogen) atoms. The molecule has 0 saturated heterocycles. The van der Waals surface area contributed by atoms with Crippen molar-refractivity contribution in [3.63, 3.8) is 0 Å². The van der Waals surface area contributed by atoms with Crippen molar-refractivity contribution in [1.82, 2.24) is 9.97 Å². The van der Waals surface area contributed by atoms with Crippen LogP contribution in [0.4, 0.5) is 0 Å². The molecule has 0 bridgehead atoms. The van der Waals surface area contributed by atoms with Gasteiger partial charge in [-0.05, 0) is 24.9 Å². The Bertz CT molecular complexity index is 284. The van der Waals surface area contributed by atoms with Gasteiger partial charge in [0.15, 0.2) is 0 Å². The summed E-state index contributed by atoms with van der Waals surface area (Å²) in [5, 5.41) is 0.249. The summed E-state index contributed by atoms with van der Waals surface area (Å²) < 4.78 is 5.48. The van der Waals surface area contributed by atoms with Gasteiger partial charge in [0.05, 0.1) is 6.61 Å². The van der Waals surface area contributed by atoms with E-state index >= 15 is 0 Å². The zero-order valence-corrected chi connectivity index (χ0v) is 10.0. The predicted molar refractivity (Wildman–Crippen MR) is 61.4 cm³/mol. The summed E-state index contributed by atoms with van der Waals surface area (Å²) in [4.78, 5) is 7.95. The highest BCUT2D eigenvalue weighted by molar-refractivity contribution is 6.28. The van der Waals surface area contributed by atoms with Crippen LogP contribution in [0.25, 0.3) is 0 Å². The smallest absolute Gasteiger partial charge is 0.225 e. The molecule has 4 heteroatoms. The molecule has 0 radical (unpaired) electrons. The lowest BCUT2D eigenvalue weighted by atomic mass is 10.2. The monoisotopic (exact) mass is 228 g/mol. The highest BCUT2D eigenvalue weighted by atomic mass is 35.5. The molecule has 1 aromatic heterocycles. The van der Waals surface area contributed by atoms with Crippen molar-refractivity contribution in [2.75, 3.05) is 6.61 Å². The second kappa shape index (κ2) is 6.62. The third-order valence-electron chi connectivity index (χ3n) is 2.05. The first-order valence-corrected chi connectivity index (χ1v) is 5.74. The summed E-state index contributed by atoms with van der Waals surface area (Å²) >= 11 is 5.71. The van der Waals surface area contributed by atoms with Crippen LogP contribution in [0.1, 0.15) is 38.3 Å². The van der Waals surface area contributed by atoms with Gasteiger partial charge in [-0.25, -0.2) is 4.98 Å². The van der Waals surface area contributed by atoms with E-state index in [1.165, 1.54) is 19.3 Å². The molecule has 0 fully saturated rings. The molecule has 1 rings (SSSR count). The Labute approximate surface area is 95.8 Å². The van der Waals surface area contributed by atoms with E-state index in [1.807, 2.05) is 6.92 Å². The zero-order valence-electron chi connectivity index (χ0n) is 9.29. The number of unbranched alkanes of at least 4 members (excludes halogenated alkanes) is 3. The number of aromatic nitrogens is 2. The molecule has 0 aliphatic carbocycles. The normalized spacial score (nSPS) is 10.3. The lowest BCUT2D eigenvalue weighted by molar-refractivity contribution is 0.293. The number of hydrogen-bond donors (Lipinski definition) is 0. The van der Waals surface area contributed by atoms with Crippen molar-refractivity contribution in [1.29, 1.82) is 0 Å². The molecule has 1 heterocycles. The maximum absolute atomic E-state index is 5.71. The van der Waals surface area contributed by atoms with Crippen LogP contribution in [0.3, 0.4) is 0 Å². The third kappa shape index (κ3) is 4.98. The average Bonchev–Trinajstić information content (AvgIpc) is 2.16. The minimum atomic E-state index is 0.249. The van der Waals surface area contributed by atoms with Crippen LogP contribution in [0, 0.1) is 6.92 Å². The van der Waals surface area contributed by atoms with Gasteiger partial charge in [-0.3, -0.25) is 0 Å². The van der Waals surface area contributed by atoms with Crippen molar-refractivity contribution in [3.8, 4) is 5.88 Å². The van der Waals surface area contributed by atoms with Crippen molar-refractivity contribution in [3.05, 3.63) is 17.0 Å². The molecule has 84 valence electrons. The van der Waals surface area contributed by atoms with Gasteiger partial charge < -0.3 is 4.74 Å². The molecule has 1 aromatic rings. The average molecular weight is 229 g/mol. The highest BCUT2D eigenvalue weighted by Crippen LogP contribution is 2.12.